The molecule has 5 nitrogen and oxygen atoms in total. The van der Waals surface area contributed by atoms with Crippen molar-refractivity contribution in [2.24, 2.45) is 0 Å². The van der Waals surface area contributed by atoms with Crippen molar-refractivity contribution in [3.05, 3.63) is 17.3 Å². The van der Waals surface area contributed by atoms with Crippen molar-refractivity contribution in [2.45, 2.75) is 17.9 Å². The Balaban J connectivity index is 3.09. The minimum Gasteiger partial charge on any atom is -0.382 e. The molecule has 0 spiro atoms. The molecule has 18 heavy (non-hydrogen) atoms. The first-order valence-electron chi connectivity index (χ1n) is 5.18. The van der Waals surface area contributed by atoms with Crippen molar-refractivity contribution >= 4 is 39.2 Å². The fourth-order valence-electron chi connectivity index (χ4n) is 1.32. The zero-order valence-corrected chi connectivity index (χ0v) is 12.8. The van der Waals surface area contributed by atoms with Crippen LogP contribution in [0.3, 0.4) is 0 Å². The Morgan fingerprint density at radius 2 is 2.22 bits per heavy atom. The summed E-state index contributed by atoms with van der Waals surface area (Å²) in [5, 5.41) is 0.141. The van der Waals surface area contributed by atoms with Crippen molar-refractivity contribution in [2.75, 3.05) is 24.8 Å². The molecule has 0 fully saturated rings. The molecular formula is C10H16ClN3O2S2. The predicted molar refractivity (Wildman–Crippen MR) is 76.5 cm³/mol. The molecule has 1 heterocycles. The third kappa shape index (κ3) is 3.28. The minimum absolute atomic E-state index is 0.0529. The van der Waals surface area contributed by atoms with Gasteiger partial charge in [-0.2, -0.15) is 16.1 Å². The smallest absolute Gasteiger partial charge is 0.244 e. The third-order valence-electron chi connectivity index (χ3n) is 2.55. The summed E-state index contributed by atoms with van der Waals surface area (Å²) in [7, 11) is -2.04. The van der Waals surface area contributed by atoms with Gasteiger partial charge in [0.1, 0.15) is 10.7 Å². The summed E-state index contributed by atoms with van der Waals surface area (Å²) >= 11 is 7.38. The van der Waals surface area contributed by atoms with E-state index in [1.807, 2.05) is 13.2 Å². The molecule has 0 aliphatic heterocycles. The molecule has 0 aliphatic rings. The number of hydrogen-bond acceptors (Lipinski definition) is 5. The van der Waals surface area contributed by atoms with Gasteiger partial charge in [0.05, 0.1) is 5.02 Å². The van der Waals surface area contributed by atoms with Gasteiger partial charge in [-0.05, 0) is 19.2 Å². The standard InChI is InChI=1S/C10H16ClN3O2S2/c1-7(6-17-3)14(2)18(15,16)8-4-9(11)10(12)13-5-8/h4-5,7H,6H2,1-3H3,(H2,12,13). The van der Waals surface area contributed by atoms with Gasteiger partial charge in [0.15, 0.2) is 0 Å². The summed E-state index contributed by atoms with van der Waals surface area (Å²) in [5.74, 6) is 0.835. The molecule has 0 saturated heterocycles. The van der Waals surface area contributed by atoms with Crippen LogP contribution in [0.15, 0.2) is 17.2 Å². The number of pyridine rings is 1. The number of sulfonamides is 1. The zero-order valence-electron chi connectivity index (χ0n) is 10.4. The molecule has 1 aromatic rings. The van der Waals surface area contributed by atoms with Gasteiger partial charge in [0.2, 0.25) is 10.0 Å². The van der Waals surface area contributed by atoms with Crippen LogP contribution in [0.1, 0.15) is 6.92 Å². The third-order valence-corrected chi connectivity index (χ3v) is 5.61. The number of halogens is 1. The molecular weight excluding hydrogens is 294 g/mol. The van der Waals surface area contributed by atoms with Gasteiger partial charge < -0.3 is 5.73 Å². The largest absolute Gasteiger partial charge is 0.382 e. The van der Waals surface area contributed by atoms with E-state index >= 15 is 0 Å². The molecule has 0 aromatic carbocycles. The van der Waals surface area contributed by atoms with Crippen molar-refractivity contribution in [1.82, 2.24) is 9.29 Å². The van der Waals surface area contributed by atoms with E-state index in [-0.39, 0.29) is 21.8 Å². The molecule has 0 saturated carbocycles. The van der Waals surface area contributed by atoms with E-state index in [0.29, 0.717) is 5.75 Å². The van der Waals surface area contributed by atoms with Gasteiger partial charge in [-0.3, -0.25) is 0 Å². The highest BCUT2D eigenvalue weighted by atomic mass is 35.5. The first-order chi connectivity index (χ1) is 8.30. The summed E-state index contributed by atoms with van der Waals surface area (Å²) in [5.41, 5.74) is 5.46. The van der Waals surface area contributed by atoms with Crippen LogP contribution < -0.4 is 5.73 Å². The normalized spacial score (nSPS) is 13.8. The molecule has 1 atom stereocenters. The van der Waals surface area contributed by atoms with Crippen LogP contribution in [0.4, 0.5) is 5.82 Å². The topological polar surface area (TPSA) is 76.3 Å². The van der Waals surface area contributed by atoms with Gasteiger partial charge in [-0.1, -0.05) is 11.6 Å². The second kappa shape index (κ2) is 6.10. The maximum absolute atomic E-state index is 12.3. The second-order valence-corrected chi connectivity index (χ2v) is 7.18. The summed E-state index contributed by atoms with van der Waals surface area (Å²) in [6.45, 7) is 1.85. The molecule has 1 aromatic heterocycles. The Kier molecular flexibility index (Phi) is 5.27. The van der Waals surface area contributed by atoms with Crippen LogP contribution in [-0.2, 0) is 10.0 Å². The average Bonchev–Trinajstić information content (AvgIpc) is 2.31. The monoisotopic (exact) mass is 309 g/mol. The Morgan fingerprint density at radius 3 is 2.72 bits per heavy atom. The van der Waals surface area contributed by atoms with Crippen LogP contribution in [0.2, 0.25) is 5.02 Å². The Morgan fingerprint density at radius 1 is 1.61 bits per heavy atom. The van der Waals surface area contributed by atoms with Crippen molar-refractivity contribution in [1.29, 1.82) is 0 Å². The Hall–Kier alpha value is -0.500. The molecule has 0 radical (unpaired) electrons. The lowest BCUT2D eigenvalue weighted by atomic mass is 10.4. The summed E-state index contributed by atoms with van der Waals surface area (Å²) in [4.78, 5) is 3.82. The van der Waals surface area contributed by atoms with E-state index < -0.39 is 10.0 Å². The lowest BCUT2D eigenvalue weighted by molar-refractivity contribution is 0.415. The number of nitrogens with zero attached hydrogens (tertiary/aromatic N) is 2. The molecule has 0 bridgehead atoms. The second-order valence-electron chi connectivity index (χ2n) is 3.86. The van der Waals surface area contributed by atoms with Gasteiger partial charge >= 0.3 is 0 Å². The van der Waals surface area contributed by atoms with Crippen molar-refractivity contribution in [3.8, 4) is 0 Å². The van der Waals surface area contributed by atoms with E-state index in [1.165, 1.54) is 16.6 Å². The number of nitrogens with two attached hydrogens (primary N) is 1. The fourth-order valence-corrected chi connectivity index (χ4v) is 3.69. The van der Waals surface area contributed by atoms with E-state index in [4.69, 9.17) is 17.3 Å². The maximum Gasteiger partial charge on any atom is 0.244 e. The first-order valence-corrected chi connectivity index (χ1v) is 8.40. The van der Waals surface area contributed by atoms with Crippen LogP contribution >= 0.6 is 23.4 Å². The lowest BCUT2D eigenvalue weighted by Crippen LogP contribution is -2.36. The van der Waals surface area contributed by atoms with Gasteiger partial charge in [-0.15, -0.1) is 0 Å². The van der Waals surface area contributed by atoms with Crippen LogP contribution in [0.5, 0.6) is 0 Å². The molecule has 1 rings (SSSR count). The molecule has 102 valence electrons. The summed E-state index contributed by atoms with van der Waals surface area (Å²) < 4.78 is 25.9. The van der Waals surface area contributed by atoms with Gasteiger partial charge in [0, 0.05) is 25.0 Å². The highest BCUT2D eigenvalue weighted by molar-refractivity contribution is 7.98. The predicted octanol–water partition coefficient (Wildman–Crippen LogP) is 1.69. The van der Waals surface area contributed by atoms with E-state index in [0.717, 1.165) is 0 Å². The number of hydrogen-bond donors (Lipinski definition) is 1. The van der Waals surface area contributed by atoms with E-state index in [9.17, 15) is 8.42 Å². The lowest BCUT2D eigenvalue weighted by Gasteiger charge is -2.23. The van der Waals surface area contributed by atoms with Crippen LogP contribution in [0.25, 0.3) is 0 Å². The number of anilines is 1. The quantitative estimate of drug-likeness (QED) is 0.895. The van der Waals surface area contributed by atoms with Gasteiger partial charge in [-0.25, -0.2) is 13.4 Å². The summed E-state index contributed by atoms with van der Waals surface area (Å²) in [6.07, 6.45) is 3.15. The first kappa shape index (κ1) is 15.6. The molecule has 1 unspecified atom stereocenters. The number of aromatic nitrogens is 1. The minimum atomic E-state index is -3.58. The molecule has 0 amide bonds. The maximum atomic E-state index is 12.3. The average molecular weight is 310 g/mol. The van der Waals surface area contributed by atoms with Crippen molar-refractivity contribution in [3.63, 3.8) is 0 Å². The van der Waals surface area contributed by atoms with E-state index in [2.05, 4.69) is 4.98 Å². The molecule has 2 N–H and O–H groups in total. The summed E-state index contributed by atoms with van der Waals surface area (Å²) in [6, 6.07) is 1.21. The Labute approximate surface area is 117 Å². The van der Waals surface area contributed by atoms with Crippen LogP contribution in [0, 0.1) is 0 Å². The number of nitrogen functional groups attached to an aromatic ring is 1. The molecule has 0 aliphatic carbocycles. The number of rotatable bonds is 5. The highest BCUT2D eigenvalue weighted by Crippen LogP contribution is 2.23. The SMILES string of the molecule is CSCC(C)N(C)S(=O)(=O)c1cnc(N)c(Cl)c1. The van der Waals surface area contributed by atoms with Crippen molar-refractivity contribution < 1.29 is 8.42 Å². The molecule has 8 heteroatoms. The Bertz CT molecular complexity index is 522. The zero-order chi connectivity index (χ0) is 13.9. The van der Waals surface area contributed by atoms with Crippen LogP contribution in [-0.4, -0.2) is 42.8 Å². The number of thioether (sulfide) groups is 1. The fraction of sp³-hybridized carbons (Fsp3) is 0.500. The highest BCUT2D eigenvalue weighted by Gasteiger charge is 2.25. The van der Waals surface area contributed by atoms with E-state index in [1.54, 1.807) is 18.8 Å². The van der Waals surface area contributed by atoms with Gasteiger partial charge in [0.25, 0.3) is 0 Å².